The Morgan fingerprint density at radius 2 is 1.81 bits per heavy atom. The summed E-state index contributed by atoms with van der Waals surface area (Å²) in [5.74, 6) is -0.0737. The molecule has 16 heavy (non-hydrogen) atoms. The van der Waals surface area contributed by atoms with E-state index in [1.165, 1.54) is 22.3 Å². The summed E-state index contributed by atoms with van der Waals surface area (Å²) in [5, 5.41) is 2.78. The van der Waals surface area contributed by atoms with Gasteiger partial charge in [-0.15, -0.1) is 11.6 Å². The molecule has 0 aliphatic rings. The number of rotatable bonds is 4. The van der Waals surface area contributed by atoms with Gasteiger partial charge in [0.05, 0.1) is 0 Å². The number of hydrogen-bond donors (Lipinski definition) is 1. The van der Waals surface area contributed by atoms with Crippen molar-refractivity contribution in [3.63, 3.8) is 0 Å². The second-order valence-electron chi connectivity index (χ2n) is 4.11. The molecule has 0 radical (unpaired) electrons. The first-order valence-corrected chi connectivity index (χ1v) is 5.97. The van der Waals surface area contributed by atoms with Crippen LogP contribution in [0, 0.1) is 20.8 Å². The van der Waals surface area contributed by atoms with Gasteiger partial charge in [-0.1, -0.05) is 17.7 Å². The highest BCUT2D eigenvalue weighted by Crippen LogP contribution is 2.16. The van der Waals surface area contributed by atoms with Gasteiger partial charge in [-0.2, -0.15) is 0 Å². The Hall–Kier alpha value is -1.02. The lowest BCUT2D eigenvalue weighted by molar-refractivity contribution is -0.118. The van der Waals surface area contributed by atoms with Gasteiger partial charge < -0.3 is 5.32 Å². The van der Waals surface area contributed by atoms with Crippen molar-refractivity contribution in [3.8, 4) is 0 Å². The molecule has 0 atom stereocenters. The SMILES string of the molecule is Cc1cc(C)c(CCNC(=O)CCl)c(C)c1. The summed E-state index contributed by atoms with van der Waals surface area (Å²) in [7, 11) is 0. The van der Waals surface area contributed by atoms with Crippen molar-refractivity contribution in [1.82, 2.24) is 5.32 Å². The number of alkyl halides is 1. The summed E-state index contributed by atoms with van der Waals surface area (Å²) in [6, 6.07) is 4.34. The molecule has 1 N–H and O–H groups in total. The average Bonchev–Trinajstić information content (AvgIpc) is 2.21. The fourth-order valence-electron chi connectivity index (χ4n) is 1.98. The number of aryl methyl sites for hydroxylation is 3. The molecule has 1 aromatic rings. The molecular weight excluding hydrogens is 222 g/mol. The molecule has 0 heterocycles. The van der Waals surface area contributed by atoms with E-state index in [-0.39, 0.29) is 11.8 Å². The van der Waals surface area contributed by atoms with E-state index in [4.69, 9.17) is 11.6 Å². The highest BCUT2D eigenvalue weighted by Gasteiger charge is 2.04. The number of carbonyl (C=O) groups excluding carboxylic acids is 1. The third-order valence-corrected chi connectivity index (χ3v) is 2.90. The molecule has 0 spiro atoms. The van der Waals surface area contributed by atoms with Crippen LogP contribution in [0.25, 0.3) is 0 Å². The van der Waals surface area contributed by atoms with E-state index in [0.29, 0.717) is 6.54 Å². The van der Waals surface area contributed by atoms with Crippen LogP contribution >= 0.6 is 11.6 Å². The zero-order valence-corrected chi connectivity index (χ0v) is 10.8. The van der Waals surface area contributed by atoms with Gasteiger partial charge >= 0.3 is 0 Å². The molecule has 0 aliphatic carbocycles. The van der Waals surface area contributed by atoms with Gasteiger partial charge in [-0.25, -0.2) is 0 Å². The first-order chi connectivity index (χ1) is 7.54. The van der Waals surface area contributed by atoms with E-state index in [0.717, 1.165) is 6.42 Å². The zero-order valence-electron chi connectivity index (χ0n) is 10.1. The van der Waals surface area contributed by atoms with E-state index in [2.05, 4.69) is 38.2 Å². The quantitative estimate of drug-likeness (QED) is 0.804. The summed E-state index contributed by atoms with van der Waals surface area (Å²) < 4.78 is 0. The molecule has 0 aliphatic heterocycles. The minimum Gasteiger partial charge on any atom is -0.355 e. The van der Waals surface area contributed by atoms with E-state index in [1.807, 2.05) is 0 Å². The van der Waals surface area contributed by atoms with Crippen LogP contribution in [0.5, 0.6) is 0 Å². The standard InChI is InChI=1S/C13H18ClNO/c1-9-6-10(2)12(11(3)7-9)4-5-15-13(16)8-14/h6-7H,4-5,8H2,1-3H3,(H,15,16). The van der Waals surface area contributed by atoms with Gasteiger partial charge in [-0.3, -0.25) is 4.79 Å². The van der Waals surface area contributed by atoms with Crippen LogP contribution < -0.4 is 5.32 Å². The molecule has 0 saturated carbocycles. The normalized spacial score (nSPS) is 10.2. The molecule has 0 unspecified atom stereocenters. The number of benzene rings is 1. The molecule has 0 saturated heterocycles. The lowest BCUT2D eigenvalue weighted by Gasteiger charge is -2.11. The summed E-state index contributed by atoms with van der Waals surface area (Å²) in [5.41, 5.74) is 5.18. The third kappa shape index (κ3) is 3.53. The Morgan fingerprint density at radius 1 is 1.25 bits per heavy atom. The molecule has 1 rings (SSSR count). The number of nitrogens with one attached hydrogen (secondary N) is 1. The van der Waals surface area contributed by atoms with Crippen molar-refractivity contribution in [2.24, 2.45) is 0 Å². The fraction of sp³-hybridized carbons (Fsp3) is 0.462. The number of amides is 1. The van der Waals surface area contributed by atoms with Crippen LogP contribution in [0.15, 0.2) is 12.1 Å². The van der Waals surface area contributed by atoms with E-state index < -0.39 is 0 Å². The molecule has 0 fully saturated rings. The first-order valence-electron chi connectivity index (χ1n) is 5.44. The molecule has 0 aromatic heterocycles. The minimum atomic E-state index is -0.107. The summed E-state index contributed by atoms with van der Waals surface area (Å²) >= 11 is 5.41. The largest absolute Gasteiger partial charge is 0.355 e. The lowest BCUT2D eigenvalue weighted by Crippen LogP contribution is -2.26. The van der Waals surface area contributed by atoms with Crippen molar-refractivity contribution in [3.05, 3.63) is 34.4 Å². The fourth-order valence-corrected chi connectivity index (χ4v) is 2.07. The van der Waals surface area contributed by atoms with Crippen LogP contribution in [0.3, 0.4) is 0 Å². The van der Waals surface area contributed by atoms with Gasteiger partial charge in [0.1, 0.15) is 5.88 Å². The first kappa shape index (κ1) is 13.0. The Labute approximate surface area is 102 Å². The zero-order chi connectivity index (χ0) is 12.1. The molecule has 1 aromatic carbocycles. The van der Waals surface area contributed by atoms with Crippen molar-refractivity contribution in [2.45, 2.75) is 27.2 Å². The molecule has 3 heteroatoms. The third-order valence-electron chi connectivity index (χ3n) is 2.66. The van der Waals surface area contributed by atoms with Crippen LogP contribution in [-0.2, 0) is 11.2 Å². The average molecular weight is 240 g/mol. The molecule has 1 amide bonds. The smallest absolute Gasteiger partial charge is 0.234 e. The Balaban J connectivity index is 2.64. The highest BCUT2D eigenvalue weighted by molar-refractivity contribution is 6.27. The maximum absolute atomic E-state index is 11.0. The summed E-state index contributed by atoms with van der Waals surface area (Å²) in [6.45, 7) is 6.97. The maximum Gasteiger partial charge on any atom is 0.234 e. The van der Waals surface area contributed by atoms with E-state index >= 15 is 0 Å². The summed E-state index contributed by atoms with van der Waals surface area (Å²) in [4.78, 5) is 11.0. The molecule has 0 bridgehead atoms. The van der Waals surface area contributed by atoms with Gasteiger partial charge in [0, 0.05) is 6.54 Å². The van der Waals surface area contributed by atoms with E-state index in [9.17, 15) is 4.79 Å². The predicted octanol–water partition coefficient (Wildman–Crippen LogP) is 2.51. The minimum absolute atomic E-state index is 0.0336. The second kappa shape index (κ2) is 5.90. The van der Waals surface area contributed by atoms with Crippen molar-refractivity contribution in [2.75, 3.05) is 12.4 Å². The van der Waals surface area contributed by atoms with Crippen LogP contribution in [-0.4, -0.2) is 18.3 Å². The maximum atomic E-state index is 11.0. The molecule has 2 nitrogen and oxygen atoms in total. The van der Waals surface area contributed by atoms with Crippen molar-refractivity contribution >= 4 is 17.5 Å². The predicted molar refractivity (Wildman–Crippen MR) is 68.1 cm³/mol. The van der Waals surface area contributed by atoms with Crippen molar-refractivity contribution in [1.29, 1.82) is 0 Å². The van der Waals surface area contributed by atoms with Gasteiger partial charge in [0.15, 0.2) is 0 Å². The van der Waals surface area contributed by atoms with Gasteiger partial charge in [-0.05, 0) is 43.9 Å². The Kier molecular flexibility index (Phi) is 4.81. The van der Waals surface area contributed by atoms with Gasteiger partial charge in [0.2, 0.25) is 5.91 Å². The summed E-state index contributed by atoms with van der Waals surface area (Å²) in [6.07, 6.45) is 0.862. The highest BCUT2D eigenvalue weighted by atomic mass is 35.5. The van der Waals surface area contributed by atoms with Crippen molar-refractivity contribution < 1.29 is 4.79 Å². The number of hydrogen-bond acceptors (Lipinski definition) is 1. The van der Waals surface area contributed by atoms with Crippen LogP contribution in [0.4, 0.5) is 0 Å². The Bertz CT molecular complexity index is 365. The monoisotopic (exact) mass is 239 g/mol. The molecular formula is C13H18ClNO. The molecule has 88 valence electrons. The van der Waals surface area contributed by atoms with Crippen LogP contribution in [0.1, 0.15) is 22.3 Å². The lowest BCUT2D eigenvalue weighted by atomic mass is 9.97. The van der Waals surface area contributed by atoms with E-state index in [1.54, 1.807) is 0 Å². The van der Waals surface area contributed by atoms with Crippen LogP contribution in [0.2, 0.25) is 0 Å². The Morgan fingerprint density at radius 3 is 2.31 bits per heavy atom. The number of carbonyl (C=O) groups is 1. The second-order valence-corrected chi connectivity index (χ2v) is 4.38. The topological polar surface area (TPSA) is 29.1 Å². The van der Waals surface area contributed by atoms with Gasteiger partial charge in [0.25, 0.3) is 0 Å². The number of halogens is 1.